The average Bonchev–Trinajstić information content (AvgIpc) is 2.05. The van der Waals surface area contributed by atoms with E-state index < -0.39 is 5.97 Å². The monoisotopic (exact) mass is 167 g/mol. The summed E-state index contributed by atoms with van der Waals surface area (Å²) >= 11 is 0. The quantitative estimate of drug-likeness (QED) is 0.595. The van der Waals surface area contributed by atoms with Gasteiger partial charge >= 0.3 is 5.97 Å². The summed E-state index contributed by atoms with van der Waals surface area (Å²) in [6.45, 7) is 3.73. The molecule has 0 aliphatic rings. The van der Waals surface area contributed by atoms with Gasteiger partial charge in [0, 0.05) is 0 Å². The third-order valence-corrected chi connectivity index (χ3v) is 1.26. The lowest BCUT2D eigenvalue weighted by molar-refractivity contribution is 0.0517. The van der Waals surface area contributed by atoms with Crippen LogP contribution < -0.4 is 0 Å². The van der Waals surface area contributed by atoms with Crippen molar-refractivity contribution >= 4 is 5.97 Å². The van der Waals surface area contributed by atoms with Crippen LogP contribution in [0.15, 0.2) is 6.33 Å². The second-order valence-corrected chi connectivity index (χ2v) is 2.11. The van der Waals surface area contributed by atoms with E-state index in [1.54, 1.807) is 13.8 Å². The SMILES string of the molecule is CCOC(=O)c1ncnnc1C. The molecule has 5 heteroatoms. The Balaban J connectivity index is 2.87. The number of nitrogens with zero attached hydrogens (tertiary/aromatic N) is 3. The van der Waals surface area contributed by atoms with Crippen molar-refractivity contribution in [2.24, 2.45) is 0 Å². The number of esters is 1. The van der Waals surface area contributed by atoms with Crippen molar-refractivity contribution in [3.05, 3.63) is 17.7 Å². The lowest BCUT2D eigenvalue weighted by Gasteiger charge is -2.00. The van der Waals surface area contributed by atoms with Gasteiger partial charge in [0.1, 0.15) is 6.33 Å². The van der Waals surface area contributed by atoms with E-state index in [2.05, 4.69) is 15.2 Å². The van der Waals surface area contributed by atoms with E-state index in [0.29, 0.717) is 12.3 Å². The summed E-state index contributed by atoms with van der Waals surface area (Å²) < 4.78 is 4.74. The Morgan fingerprint density at radius 2 is 2.42 bits per heavy atom. The Morgan fingerprint density at radius 1 is 1.67 bits per heavy atom. The van der Waals surface area contributed by atoms with Crippen molar-refractivity contribution in [3.63, 3.8) is 0 Å². The fraction of sp³-hybridized carbons (Fsp3) is 0.429. The third kappa shape index (κ3) is 1.75. The van der Waals surface area contributed by atoms with E-state index in [9.17, 15) is 4.79 Å². The molecule has 0 atom stereocenters. The lowest BCUT2D eigenvalue weighted by Crippen LogP contribution is -2.10. The molecule has 1 aromatic heterocycles. The van der Waals surface area contributed by atoms with Crippen LogP contribution in [0.4, 0.5) is 0 Å². The molecule has 0 amide bonds. The molecule has 1 heterocycles. The third-order valence-electron chi connectivity index (χ3n) is 1.26. The van der Waals surface area contributed by atoms with Crippen LogP contribution >= 0.6 is 0 Å². The molecule has 1 rings (SSSR count). The summed E-state index contributed by atoms with van der Waals surface area (Å²) in [4.78, 5) is 14.9. The highest BCUT2D eigenvalue weighted by Gasteiger charge is 2.11. The Morgan fingerprint density at radius 3 is 3.00 bits per heavy atom. The van der Waals surface area contributed by atoms with E-state index in [1.165, 1.54) is 6.33 Å². The van der Waals surface area contributed by atoms with Crippen LogP contribution in [0.2, 0.25) is 0 Å². The minimum absolute atomic E-state index is 0.229. The zero-order chi connectivity index (χ0) is 8.97. The lowest BCUT2D eigenvalue weighted by atomic mass is 10.3. The van der Waals surface area contributed by atoms with Crippen molar-refractivity contribution in [2.75, 3.05) is 6.61 Å². The molecule has 64 valence electrons. The largest absolute Gasteiger partial charge is 0.461 e. The zero-order valence-corrected chi connectivity index (χ0v) is 6.94. The Kier molecular flexibility index (Phi) is 2.68. The van der Waals surface area contributed by atoms with Gasteiger partial charge < -0.3 is 4.74 Å². The van der Waals surface area contributed by atoms with Gasteiger partial charge in [0.05, 0.1) is 12.3 Å². The predicted molar refractivity (Wildman–Crippen MR) is 40.5 cm³/mol. The minimum atomic E-state index is -0.454. The van der Waals surface area contributed by atoms with Gasteiger partial charge in [-0.2, -0.15) is 5.10 Å². The maximum atomic E-state index is 11.1. The van der Waals surface area contributed by atoms with E-state index in [0.717, 1.165) is 0 Å². The highest BCUT2D eigenvalue weighted by Crippen LogP contribution is 1.99. The van der Waals surface area contributed by atoms with Gasteiger partial charge in [-0.05, 0) is 13.8 Å². The molecular formula is C7H9N3O2. The Bertz CT molecular complexity index is 288. The summed E-state index contributed by atoms with van der Waals surface area (Å²) in [5, 5.41) is 7.19. The smallest absolute Gasteiger partial charge is 0.358 e. The Labute approximate surface area is 69.8 Å². The number of aromatic nitrogens is 3. The van der Waals surface area contributed by atoms with Crippen molar-refractivity contribution in [1.29, 1.82) is 0 Å². The van der Waals surface area contributed by atoms with E-state index in [1.807, 2.05) is 0 Å². The molecule has 0 saturated heterocycles. The molecule has 0 bridgehead atoms. The van der Waals surface area contributed by atoms with Crippen molar-refractivity contribution < 1.29 is 9.53 Å². The zero-order valence-electron chi connectivity index (χ0n) is 6.94. The molecule has 1 aromatic rings. The van der Waals surface area contributed by atoms with Crippen LogP contribution in [0.25, 0.3) is 0 Å². The summed E-state index contributed by atoms with van der Waals surface area (Å²) in [5.41, 5.74) is 0.711. The van der Waals surface area contributed by atoms with E-state index >= 15 is 0 Å². The first-order chi connectivity index (χ1) is 5.75. The molecule has 0 saturated carbocycles. The molecule has 0 aliphatic heterocycles. The maximum Gasteiger partial charge on any atom is 0.358 e. The van der Waals surface area contributed by atoms with Gasteiger partial charge in [0.2, 0.25) is 0 Å². The second-order valence-electron chi connectivity index (χ2n) is 2.11. The fourth-order valence-corrected chi connectivity index (χ4v) is 0.737. The Hall–Kier alpha value is -1.52. The summed E-state index contributed by atoms with van der Waals surface area (Å²) in [6, 6.07) is 0. The molecule has 0 fully saturated rings. The minimum Gasteiger partial charge on any atom is -0.461 e. The molecule has 0 unspecified atom stereocenters. The number of carbonyl (C=O) groups excluding carboxylic acids is 1. The molecule has 0 aliphatic carbocycles. The van der Waals surface area contributed by atoms with Crippen LogP contribution in [0.3, 0.4) is 0 Å². The first kappa shape index (κ1) is 8.58. The van der Waals surface area contributed by atoms with Gasteiger partial charge in [0.15, 0.2) is 5.69 Å². The second kappa shape index (κ2) is 3.75. The van der Waals surface area contributed by atoms with E-state index in [-0.39, 0.29) is 5.69 Å². The normalized spacial score (nSPS) is 9.50. The van der Waals surface area contributed by atoms with Crippen LogP contribution in [0, 0.1) is 6.92 Å². The highest BCUT2D eigenvalue weighted by molar-refractivity contribution is 5.88. The van der Waals surface area contributed by atoms with Gasteiger partial charge in [-0.25, -0.2) is 9.78 Å². The number of rotatable bonds is 2. The standard InChI is InChI=1S/C7H9N3O2/c1-3-12-7(11)6-5(2)10-9-4-8-6/h4H,3H2,1-2H3. The average molecular weight is 167 g/mol. The van der Waals surface area contributed by atoms with Gasteiger partial charge in [-0.1, -0.05) is 0 Å². The molecule has 0 N–H and O–H groups in total. The highest BCUT2D eigenvalue weighted by atomic mass is 16.5. The van der Waals surface area contributed by atoms with Gasteiger partial charge in [-0.15, -0.1) is 5.10 Å². The van der Waals surface area contributed by atoms with Gasteiger partial charge in [0.25, 0.3) is 0 Å². The van der Waals surface area contributed by atoms with Crippen LogP contribution in [0.5, 0.6) is 0 Å². The maximum absolute atomic E-state index is 11.1. The molecule has 0 radical (unpaired) electrons. The van der Waals surface area contributed by atoms with Crippen molar-refractivity contribution in [1.82, 2.24) is 15.2 Å². The topological polar surface area (TPSA) is 65.0 Å². The molecule has 0 spiro atoms. The first-order valence-corrected chi connectivity index (χ1v) is 3.57. The number of ether oxygens (including phenoxy) is 1. The number of aryl methyl sites for hydroxylation is 1. The van der Waals surface area contributed by atoms with E-state index in [4.69, 9.17) is 4.74 Å². The summed E-state index contributed by atoms with van der Waals surface area (Å²) in [5.74, 6) is -0.454. The van der Waals surface area contributed by atoms with Crippen molar-refractivity contribution in [2.45, 2.75) is 13.8 Å². The van der Waals surface area contributed by atoms with Crippen molar-refractivity contribution in [3.8, 4) is 0 Å². The fourth-order valence-electron chi connectivity index (χ4n) is 0.737. The van der Waals surface area contributed by atoms with Crippen LogP contribution in [0.1, 0.15) is 23.1 Å². The number of hydrogen-bond acceptors (Lipinski definition) is 5. The molecular weight excluding hydrogens is 158 g/mol. The number of carbonyl (C=O) groups is 1. The number of hydrogen-bond donors (Lipinski definition) is 0. The molecule has 12 heavy (non-hydrogen) atoms. The summed E-state index contributed by atoms with van der Waals surface area (Å²) in [7, 11) is 0. The summed E-state index contributed by atoms with van der Waals surface area (Å²) in [6.07, 6.45) is 1.22. The van der Waals surface area contributed by atoms with Gasteiger partial charge in [-0.3, -0.25) is 0 Å². The van der Waals surface area contributed by atoms with Crippen LogP contribution in [-0.2, 0) is 4.74 Å². The van der Waals surface area contributed by atoms with Crippen LogP contribution in [-0.4, -0.2) is 27.8 Å². The predicted octanol–water partition coefficient (Wildman–Crippen LogP) is 0.357. The molecule has 5 nitrogen and oxygen atoms in total. The molecule has 0 aromatic carbocycles. The first-order valence-electron chi connectivity index (χ1n) is 3.57.